The van der Waals surface area contributed by atoms with Crippen LogP contribution in [0.1, 0.15) is 71.6 Å². The Kier molecular flexibility index (Phi) is 11.9. The number of hydrogen-bond acceptors (Lipinski definition) is 2. The lowest BCUT2D eigenvalue weighted by atomic mass is 10.1. The molecule has 0 aromatic rings. The first kappa shape index (κ1) is 14.9. The second-order valence-corrected chi connectivity index (χ2v) is 4.43. The van der Waals surface area contributed by atoms with Crippen LogP contribution in [0.3, 0.4) is 0 Å². The van der Waals surface area contributed by atoms with E-state index in [1.807, 2.05) is 0 Å². The minimum absolute atomic E-state index is 0.816. The molecular weight excluding hydrogens is 186 g/mol. The third-order valence-corrected chi connectivity index (χ3v) is 2.75. The molecule has 0 amide bonds. The topological polar surface area (TPSA) is 23.5 Å². The summed E-state index contributed by atoms with van der Waals surface area (Å²) in [5.74, 6) is 0. The molecule has 0 aromatic carbocycles. The van der Waals surface area contributed by atoms with Gasteiger partial charge in [-0.3, -0.25) is 0 Å². The molecule has 0 spiro atoms. The molecule has 0 aliphatic rings. The van der Waals surface area contributed by atoms with E-state index < -0.39 is 0 Å². The minimum atomic E-state index is 0.816. The summed E-state index contributed by atoms with van der Waals surface area (Å²) in [6.07, 6.45) is 11.7. The van der Waals surface area contributed by atoms with Crippen LogP contribution in [0.2, 0.25) is 0 Å². The van der Waals surface area contributed by atoms with Gasteiger partial charge in [0, 0.05) is 13.1 Å². The van der Waals surface area contributed by atoms with Gasteiger partial charge in [-0.25, -0.2) is 0 Å². The van der Waals surface area contributed by atoms with E-state index in [0.29, 0.717) is 0 Å². The first-order chi connectivity index (χ1) is 7.31. The fourth-order valence-electron chi connectivity index (χ4n) is 1.80. The molecule has 2 nitrogen and oxygen atoms in total. The predicted molar refractivity (Wildman–Crippen MR) is 66.3 cm³/mol. The van der Waals surface area contributed by atoms with Crippen molar-refractivity contribution in [3.8, 4) is 0 Å². The van der Waals surface area contributed by atoms with Crippen molar-refractivity contribution in [2.75, 3.05) is 13.1 Å². The Morgan fingerprint density at radius 3 is 1.73 bits per heavy atom. The third kappa shape index (κ3) is 11.8. The molecule has 0 aliphatic carbocycles. The highest BCUT2D eigenvalue weighted by molar-refractivity contribution is 4.48. The van der Waals surface area contributed by atoms with Crippen molar-refractivity contribution in [1.29, 1.82) is 0 Å². The quantitative estimate of drug-likeness (QED) is 0.412. The van der Waals surface area contributed by atoms with Gasteiger partial charge in [-0.15, -0.1) is 0 Å². The van der Waals surface area contributed by atoms with E-state index >= 15 is 0 Å². The molecule has 0 fully saturated rings. The Hall–Kier alpha value is -0.0800. The van der Waals surface area contributed by atoms with Crippen molar-refractivity contribution in [2.45, 2.75) is 71.6 Å². The molecule has 1 N–H and O–H groups in total. The van der Waals surface area contributed by atoms with Gasteiger partial charge in [0.15, 0.2) is 0 Å². The lowest BCUT2D eigenvalue weighted by Gasteiger charge is -2.12. The molecule has 0 bridgehead atoms. The zero-order chi connectivity index (χ0) is 11.4. The Morgan fingerprint density at radius 2 is 1.20 bits per heavy atom. The van der Waals surface area contributed by atoms with Crippen LogP contribution in [0.15, 0.2) is 0 Å². The first-order valence-electron chi connectivity index (χ1n) is 6.75. The van der Waals surface area contributed by atoms with Crippen molar-refractivity contribution in [3.05, 3.63) is 0 Å². The van der Waals surface area contributed by atoms with E-state index in [0.717, 1.165) is 25.9 Å². The molecule has 0 saturated carbocycles. The van der Waals surface area contributed by atoms with Gasteiger partial charge in [-0.1, -0.05) is 58.8 Å². The zero-order valence-electron chi connectivity index (χ0n) is 10.7. The fourth-order valence-corrected chi connectivity index (χ4v) is 1.80. The maximum atomic E-state index is 9.36. The SMILES string of the molecule is CCCCCCCCCCN(O)CCC. The van der Waals surface area contributed by atoms with Gasteiger partial charge in [0.2, 0.25) is 0 Å². The second kappa shape index (κ2) is 12.0. The van der Waals surface area contributed by atoms with E-state index in [1.54, 1.807) is 0 Å². The lowest BCUT2D eigenvalue weighted by molar-refractivity contribution is -0.0913. The van der Waals surface area contributed by atoms with Gasteiger partial charge in [0.1, 0.15) is 0 Å². The summed E-state index contributed by atoms with van der Waals surface area (Å²) < 4.78 is 0. The van der Waals surface area contributed by atoms with Crippen molar-refractivity contribution in [3.63, 3.8) is 0 Å². The normalized spacial score (nSPS) is 11.2. The molecule has 0 radical (unpaired) electrons. The zero-order valence-corrected chi connectivity index (χ0v) is 10.7. The van der Waals surface area contributed by atoms with Crippen LogP contribution in [0.5, 0.6) is 0 Å². The van der Waals surface area contributed by atoms with Crippen molar-refractivity contribution in [1.82, 2.24) is 5.06 Å². The molecule has 0 heterocycles. The lowest BCUT2D eigenvalue weighted by Crippen LogP contribution is -2.21. The van der Waals surface area contributed by atoms with Gasteiger partial charge in [0.05, 0.1) is 0 Å². The predicted octanol–water partition coefficient (Wildman–Crippen LogP) is 4.23. The van der Waals surface area contributed by atoms with Crippen molar-refractivity contribution >= 4 is 0 Å². The van der Waals surface area contributed by atoms with Gasteiger partial charge in [0.25, 0.3) is 0 Å². The van der Waals surface area contributed by atoms with Crippen LogP contribution in [0.25, 0.3) is 0 Å². The Bertz CT molecular complexity index is 117. The van der Waals surface area contributed by atoms with E-state index in [-0.39, 0.29) is 0 Å². The largest absolute Gasteiger partial charge is 0.314 e. The molecule has 2 heteroatoms. The molecule has 15 heavy (non-hydrogen) atoms. The highest BCUT2D eigenvalue weighted by atomic mass is 16.5. The Morgan fingerprint density at radius 1 is 0.667 bits per heavy atom. The summed E-state index contributed by atoms with van der Waals surface area (Å²) in [4.78, 5) is 0. The standard InChI is InChI=1S/C13H29NO/c1-3-5-6-7-8-9-10-11-13-14(15)12-4-2/h15H,3-13H2,1-2H3. The fraction of sp³-hybridized carbons (Fsp3) is 1.00. The number of rotatable bonds is 11. The monoisotopic (exact) mass is 215 g/mol. The van der Waals surface area contributed by atoms with E-state index in [1.165, 1.54) is 50.0 Å². The second-order valence-electron chi connectivity index (χ2n) is 4.43. The molecular formula is C13H29NO. The van der Waals surface area contributed by atoms with E-state index in [4.69, 9.17) is 0 Å². The van der Waals surface area contributed by atoms with Crippen LogP contribution in [0, 0.1) is 0 Å². The van der Waals surface area contributed by atoms with E-state index in [9.17, 15) is 5.21 Å². The molecule has 0 rings (SSSR count). The highest BCUT2D eigenvalue weighted by Gasteiger charge is 1.97. The molecule has 0 unspecified atom stereocenters. The summed E-state index contributed by atoms with van der Waals surface area (Å²) >= 11 is 0. The van der Waals surface area contributed by atoms with Crippen LogP contribution < -0.4 is 0 Å². The minimum Gasteiger partial charge on any atom is -0.314 e. The van der Waals surface area contributed by atoms with Gasteiger partial charge < -0.3 is 5.21 Å². The summed E-state index contributed by atoms with van der Waals surface area (Å²) in [6, 6.07) is 0. The van der Waals surface area contributed by atoms with Gasteiger partial charge >= 0.3 is 0 Å². The molecule has 0 saturated heterocycles. The summed E-state index contributed by atoms with van der Waals surface area (Å²) in [5.41, 5.74) is 0. The Balaban J connectivity index is 2.98. The maximum Gasteiger partial charge on any atom is 0.0238 e. The third-order valence-electron chi connectivity index (χ3n) is 2.75. The summed E-state index contributed by atoms with van der Waals surface area (Å²) in [7, 11) is 0. The van der Waals surface area contributed by atoms with Gasteiger partial charge in [-0.05, 0) is 12.8 Å². The maximum absolute atomic E-state index is 9.36. The van der Waals surface area contributed by atoms with Crippen molar-refractivity contribution in [2.24, 2.45) is 0 Å². The number of nitrogens with zero attached hydrogens (tertiary/aromatic N) is 1. The average molecular weight is 215 g/mol. The van der Waals surface area contributed by atoms with Gasteiger partial charge in [-0.2, -0.15) is 5.06 Å². The molecule has 92 valence electrons. The first-order valence-corrected chi connectivity index (χ1v) is 6.75. The smallest absolute Gasteiger partial charge is 0.0238 e. The molecule has 0 aliphatic heterocycles. The van der Waals surface area contributed by atoms with E-state index in [2.05, 4.69) is 13.8 Å². The van der Waals surface area contributed by atoms with Crippen molar-refractivity contribution < 1.29 is 5.21 Å². The van der Waals surface area contributed by atoms with Crippen LogP contribution in [-0.4, -0.2) is 23.4 Å². The average Bonchev–Trinajstić information content (AvgIpc) is 2.22. The number of unbranched alkanes of at least 4 members (excludes halogenated alkanes) is 7. The van der Waals surface area contributed by atoms with Crippen LogP contribution in [0.4, 0.5) is 0 Å². The molecule has 0 atom stereocenters. The van der Waals surface area contributed by atoms with Crippen LogP contribution >= 0.6 is 0 Å². The summed E-state index contributed by atoms with van der Waals surface area (Å²) in [5, 5.41) is 10.8. The number of hydrogen-bond donors (Lipinski definition) is 1. The summed E-state index contributed by atoms with van der Waals surface area (Å²) in [6.45, 7) is 6.01. The highest BCUT2D eigenvalue weighted by Crippen LogP contribution is 2.08. The number of hydroxylamine groups is 2. The Labute approximate surface area is 95.6 Å². The molecule has 0 aromatic heterocycles. The van der Waals surface area contributed by atoms with Crippen LogP contribution in [-0.2, 0) is 0 Å².